The van der Waals surface area contributed by atoms with Crippen molar-refractivity contribution in [3.63, 3.8) is 0 Å². The normalized spacial score (nSPS) is 17.1. The van der Waals surface area contributed by atoms with Crippen LogP contribution in [0.15, 0.2) is 0 Å². The Hall–Kier alpha value is -0.720. The predicted molar refractivity (Wildman–Crippen MR) is 90.3 cm³/mol. The molecule has 0 spiro atoms. The van der Waals surface area contributed by atoms with E-state index in [0.717, 1.165) is 44.2 Å². The number of hydrogen-bond acceptors (Lipinski definition) is 6. The fraction of sp³-hybridized carbons (Fsp3) is 0.867. The molecule has 0 aliphatic carbocycles. The van der Waals surface area contributed by atoms with Crippen molar-refractivity contribution in [2.24, 2.45) is 0 Å². The molecule has 0 radical (unpaired) electrons. The average molecular weight is 311 g/mol. The first kappa shape index (κ1) is 16.6. The SMILES string of the molecule is CCCc1nnc(N2CCC(N(C)CCN(C)C)CC2)s1. The van der Waals surface area contributed by atoms with Crippen LogP contribution in [0.3, 0.4) is 0 Å². The van der Waals surface area contributed by atoms with Crippen LogP contribution in [0.25, 0.3) is 0 Å². The van der Waals surface area contributed by atoms with Gasteiger partial charge < -0.3 is 14.7 Å². The first-order chi connectivity index (χ1) is 10.1. The van der Waals surface area contributed by atoms with E-state index >= 15 is 0 Å². The highest BCUT2D eigenvalue weighted by molar-refractivity contribution is 7.15. The van der Waals surface area contributed by atoms with Crippen molar-refractivity contribution in [3.8, 4) is 0 Å². The Labute approximate surface area is 132 Å². The lowest BCUT2D eigenvalue weighted by Gasteiger charge is -2.36. The van der Waals surface area contributed by atoms with Gasteiger partial charge in [-0.15, -0.1) is 10.2 Å². The number of aryl methyl sites for hydroxylation is 1. The molecule has 1 aliphatic heterocycles. The number of hydrogen-bond donors (Lipinski definition) is 0. The highest BCUT2D eigenvalue weighted by atomic mass is 32.1. The largest absolute Gasteiger partial charge is 0.347 e. The summed E-state index contributed by atoms with van der Waals surface area (Å²) in [5, 5.41) is 11.0. The minimum Gasteiger partial charge on any atom is -0.347 e. The molecule has 2 heterocycles. The number of anilines is 1. The van der Waals surface area contributed by atoms with Crippen LogP contribution < -0.4 is 4.90 Å². The second-order valence-electron chi connectivity index (χ2n) is 6.23. The van der Waals surface area contributed by atoms with Crippen LogP contribution in [0.2, 0.25) is 0 Å². The van der Waals surface area contributed by atoms with Gasteiger partial charge >= 0.3 is 0 Å². The number of rotatable bonds is 7. The van der Waals surface area contributed by atoms with Gasteiger partial charge in [-0.1, -0.05) is 18.3 Å². The summed E-state index contributed by atoms with van der Waals surface area (Å²) in [6.07, 6.45) is 4.66. The molecule has 0 N–H and O–H groups in total. The van der Waals surface area contributed by atoms with Crippen LogP contribution in [0.1, 0.15) is 31.2 Å². The molecule has 1 aliphatic rings. The predicted octanol–water partition coefficient (Wildman–Crippen LogP) is 1.95. The van der Waals surface area contributed by atoms with Crippen LogP contribution in [0.4, 0.5) is 5.13 Å². The Morgan fingerprint density at radius 3 is 2.48 bits per heavy atom. The second kappa shape index (κ2) is 8.06. The van der Waals surface area contributed by atoms with Gasteiger partial charge in [-0.2, -0.15) is 0 Å². The maximum atomic E-state index is 4.36. The molecule has 1 aromatic rings. The van der Waals surface area contributed by atoms with Crippen LogP contribution in [0.5, 0.6) is 0 Å². The molecule has 0 saturated carbocycles. The number of likely N-dealkylation sites (N-methyl/N-ethyl adjacent to an activating group) is 2. The first-order valence-electron chi connectivity index (χ1n) is 8.02. The van der Waals surface area contributed by atoms with Crippen molar-refractivity contribution in [3.05, 3.63) is 5.01 Å². The van der Waals surface area contributed by atoms with Crippen molar-refractivity contribution >= 4 is 16.5 Å². The number of piperidine rings is 1. The quantitative estimate of drug-likeness (QED) is 0.769. The molecule has 21 heavy (non-hydrogen) atoms. The topological polar surface area (TPSA) is 35.5 Å². The van der Waals surface area contributed by atoms with E-state index in [1.54, 1.807) is 11.3 Å². The average Bonchev–Trinajstić information content (AvgIpc) is 2.94. The molecular weight excluding hydrogens is 282 g/mol. The molecule has 2 rings (SSSR count). The molecule has 0 unspecified atom stereocenters. The summed E-state index contributed by atoms with van der Waals surface area (Å²) in [6, 6.07) is 0.712. The summed E-state index contributed by atoms with van der Waals surface area (Å²) in [5.74, 6) is 0. The molecule has 0 amide bonds. The Morgan fingerprint density at radius 2 is 1.86 bits per heavy atom. The summed E-state index contributed by atoms with van der Waals surface area (Å²) in [6.45, 7) is 6.69. The summed E-state index contributed by atoms with van der Waals surface area (Å²) in [7, 11) is 6.54. The van der Waals surface area contributed by atoms with Gasteiger partial charge in [0.15, 0.2) is 0 Å². The van der Waals surface area contributed by atoms with Crippen molar-refractivity contribution < 1.29 is 0 Å². The van der Waals surface area contributed by atoms with Gasteiger partial charge in [-0.05, 0) is 40.4 Å². The van der Waals surface area contributed by atoms with Gasteiger partial charge in [0, 0.05) is 38.6 Å². The highest BCUT2D eigenvalue weighted by Gasteiger charge is 2.24. The zero-order valence-electron chi connectivity index (χ0n) is 13.9. The molecule has 0 bridgehead atoms. The van der Waals surface area contributed by atoms with Gasteiger partial charge in [0.25, 0.3) is 0 Å². The van der Waals surface area contributed by atoms with E-state index in [1.807, 2.05) is 0 Å². The molecule has 5 nitrogen and oxygen atoms in total. The molecule has 1 saturated heterocycles. The number of aromatic nitrogens is 2. The van der Waals surface area contributed by atoms with Crippen molar-refractivity contribution in [1.29, 1.82) is 0 Å². The highest BCUT2D eigenvalue weighted by Crippen LogP contribution is 2.25. The number of nitrogens with zero attached hydrogens (tertiary/aromatic N) is 5. The minimum absolute atomic E-state index is 0.712. The van der Waals surface area contributed by atoms with E-state index in [0.29, 0.717) is 6.04 Å². The lowest BCUT2D eigenvalue weighted by molar-refractivity contribution is 0.190. The minimum atomic E-state index is 0.712. The van der Waals surface area contributed by atoms with Gasteiger partial charge in [-0.3, -0.25) is 0 Å². The Balaban J connectivity index is 1.79. The van der Waals surface area contributed by atoms with E-state index in [4.69, 9.17) is 0 Å². The zero-order chi connectivity index (χ0) is 15.2. The van der Waals surface area contributed by atoms with E-state index in [-0.39, 0.29) is 0 Å². The van der Waals surface area contributed by atoms with Gasteiger partial charge in [-0.25, -0.2) is 0 Å². The van der Waals surface area contributed by atoms with Gasteiger partial charge in [0.1, 0.15) is 5.01 Å². The second-order valence-corrected chi connectivity index (χ2v) is 7.27. The maximum absolute atomic E-state index is 4.36. The standard InChI is InChI=1S/C15H29N5S/c1-5-6-14-16-17-15(21-14)20-9-7-13(8-10-20)19(4)12-11-18(2)3/h13H,5-12H2,1-4H3. The summed E-state index contributed by atoms with van der Waals surface area (Å²) >= 11 is 1.77. The van der Waals surface area contributed by atoms with E-state index in [9.17, 15) is 0 Å². The van der Waals surface area contributed by atoms with E-state index in [2.05, 4.69) is 53.0 Å². The van der Waals surface area contributed by atoms with E-state index in [1.165, 1.54) is 17.8 Å². The monoisotopic (exact) mass is 311 g/mol. The summed E-state index contributed by atoms with van der Waals surface area (Å²) < 4.78 is 0. The van der Waals surface area contributed by atoms with Crippen LogP contribution >= 0.6 is 11.3 Å². The molecule has 1 aromatic heterocycles. The fourth-order valence-electron chi connectivity index (χ4n) is 2.73. The van der Waals surface area contributed by atoms with Crippen LogP contribution in [-0.2, 0) is 6.42 Å². The maximum Gasteiger partial charge on any atom is 0.208 e. The lowest BCUT2D eigenvalue weighted by Crippen LogP contribution is -2.45. The molecule has 120 valence electrons. The smallest absolute Gasteiger partial charge is 0.208 e. The summed E-state index contributed by atoms with van der Waals surface area (Å²) in [5.41, 5.74) is 0. The van der Waals surface area contributed by atoms with Crippen molar-refractivity contribution in [2.45, 2.75) is 38.6 Å². The van der Waals surface area contributed by atoms with Crippen molar-refractivity contribution in [1.82, 2.24) is 20.0 Å². The Bertz CT molecular complexity index is 412. The lowest BCUT2D eigenvalue weighted by atomic mass is 10.0. The third-order valence-corrected chi connectivity index (χ3v) is 5.22. The third-order valence-electron chi connectivity index (χ3n) is 4.18. The van der Waals surface area contributed by atoms with Crippen LogP contribution in [-0.4, -0.2) is 73.4 Å². The zero-order valence-corrected chi connectivity index (χ0v) is 14.7. The summed E-state index contributed by atoms with van der Waals surface area (Å²) in [4.78, 5) is 7.18. The van der Waals surface area contributed by atoms with Crippen molar-refractivity contribution in [2.75, 3.05) is 52.2 Å². The molecule has 0 aromatic carbocycles. The molecular formula is C15H29N5S. The molecule has 1 fully saturated rings. The molecule has 6 heteroatoms. The first-order valence-corrected chi connectivity index (χ1v) is 8.84. The van der Waals surface area contributed by atoms with E-state index < -0.39 is 0 Å². The Morgan fingerprint density at radius 1 is 1.14 bits per heavy atom. The molecule has 0 atom stereocenters. The van der Waals surface area contributed by atoms with Gasteiger partial charge in [0.05, 0.1) is 0 Å². The Kier molecular flexibility index (Phi) is 6.39. The fourth-order valence-corrected chi connectivity index (χ4v) is 3.72. The van der Waals surface area contributed by atoms with Crippen LogP contribution in [0, 0.1) is 0 Å². The van der Waals surface area contributed by atoms with Gasteiger partial charge in [0.2, 0.25) is 5.13 Å². The third kappa shape index (κ3) is 4.90.